The molecule has 2 heteroatoms. The summed E-state index contributed by atoms with van der Waals surface area (Å²) in [5.74, 6) is 2.84. The molecule has 2 nitrogen and oxygen atoms in total. The Kier molecular flexibility index (Phi) is 5.50. The van der Waals surface area contributed by atoms with Gasteiger partial charge in [0.25, 0.3) is 0 Å². The van der Waals surface area contributed by atoms with Crippen LogP contribution in [0.4, 0.5) is 0 Å². The second-order valence-corrected chi connectivity index (χ2v) is 6.99. The SMILES string of the molecule is CC(C)CNCC(C)N1CCC2CCCCC2C1. The number of piperidine rings is 1. The van der Waals surface area contributed by atoms with Crippen LogP contribution < -0.4 is 5.32 Å². The highest BCUT2D eigenvalue weighted by molar-refractivity contribution is 4.85. The average molecular weight is 252 g/mol. The second kappa shape index (κ2) is 6.91. The highest BCUT2D eigenvalue weighted by Crippen LogP contribution is 2.36. The third-order valence-corrected chi connectivity index (χ3v) is 4.94. The van der Waals surface area contributed by atoms with Gasteiger partial charge in [-0.1, -0.05) is 33.1 Å². The van der Waals surface area contributed by atoms with Gasteiger partial charge in [-0.15, -0.1) is 0 Å². The standard InChI is InChI=1S/C16H32N2/c1-13(2)10-17-11-14(3)18-9-8-15-6-4-5-7-16(15)12-18/h13-17H,4-12H2,1-3H3. The van der Waals surface area contributed by atoms with Crippen molar-refractivity contribution in [3.8, 4) is 0 Å². The minimum absolute atomic E-state index is 0.714. The Morgan fingerprint density at radius 2 is 1.72 bits per heavy atom. The van der Waals surface area contributed by atoms with Crippen molar-refractivity contribution < 1.29 is 0 Å². The zero-order valence-corrected chi connectivity index (χ0v) is 12.6. The molecule has 2 aliphatic rings. The molecule has 18 heavy (non-hydrogen) atoms. The molecule has 0 aromatic heterocycles. The molecule has 3 atom stereocenters. The van der Waals surface area contributed by atoms with Gasteiger partial charge >= 0.3 is 0 Å². The summed E-state index contributed by atoms with van der Waals surface area (Å²) in [5.41, 5.74) is 0. The van der Waals surface area contributed by atoms with Crippen molar-refractivity contribution in [1.29, 1.82) is 0 Å². The Balaban J connectivity index is 1.72. The Morgan fingerprint density at radius 3 is 2.44 bits per heavy atom. The van der Waals surface area contributed by atoms with Crippen LogP contribution in [0.1, 0.15) is 52.9 Å². The first-order valence-corrected chi connectivity index (χ1v) is 8.11. The lowest BCUT2D eigenvalue weighted by Crippen LogP contribution is -2.49. The van der Waals surface area contributed by atoms with Crippen molar-refractivity contribution in [2.45, 2.75) is 58.9 Å². The van der Waals surface area contributed by atoms with Crippen LogP contribution in [0.3, 0.4) is 0 Å². The normalized spacial score (nSPS) is 31.3. The first kappa shape index (κ1) is 14.3. The molecule has 2 fully saturated rings. The minimum Gasteiger partial charge on any atom is -0.315 e. The van der Waals surface area contributed by atoms with Gasteiger partial charge in [-0.3, -0.25) is 4.90 Å². The summed E-state index contributed by atoms with van der Waals surface area (Å²) in [5, 5.41) is 3.61. The molecule has 106 valence electrons. The molecule has 1 N–H and O–H groups in total. The van der Waals surface area contributed by atoms with Crippen molar-refractivity contribution in [2.75, 3.05) is 26.2 Å². The van der Waals surface area contributed by atoms with E-state index in [0.29, 0.717) is 6.04 Å². The summed E-state index contributed by atoms with van der Waals surface area (Å²) in [4.78, 5) is 2.74. The first-order valence-electron chi connectivity index (χ1n) is 8.11. The smallest absolute Gasteiger partial charge is 0.0192 e. The van der Waals surface area contributed by atoms with Crippen molar-refractivity contribution in [3.63, 3.8) is 0 Å². The molecule has 1 saturated carbocycles. The van der Waals surface area contributed by atoms with Gasteiger partial charge in [-0.25, -0.2) is 0 Å². The van der Waals surface area contributed by atoms with Gasteiger partial charge in [-0.2, -0.15) is 0 Å². The van der Waals surface area contributed by atoms with Crippen molar-refractivity contribution in [1.82, 2.24) is 10.2 Å². The van der Waals surface area contributed by atoms with E-state index in [-0.39, 0.29) is 0 Å². The van der Waals surface area contributed by atoms with Crippen LogP contribution in [-0.2, 0) is 0 Å². The van der Waals surface area contributed by atoms with E-state index in [9.17, 15) is 0 Å². The number of likely N-dealkylation sites (tertiary alicyclic amines) is 1. The van der Waals surface area contributed by atoms with E-state index in [0.717, 1.165) is 30.8 Å². The highest BCUT2D eigenvalue weighted by Gasteiger charge is 2.32. The molecule has 0 amide bonds. The fraction of sp³-hybridized carbons (Fsp3) is 1.00. The summed E-state index contributed by atoms with van der Waals surface area (Å²) in [6.45, 7) is 12.0. The summed E-state index contributed by atoms with van der Waals surface area (Å²) < 4.78 is 0. The van der Waals surface area contributed by atoms with E-state index in [4.69, 9.17) is 0 Å². The van der Waals surface area contributed by atoms with Crippen LogP contribution in [0.2, 0.25) is 0 Å². The van der Waals surface area contributed by atoms with Gasteiger partial charge in [0, 0.05) is 19.1 Å². The first-order chi connectivity index (χ1) is 8.66. The molecule has 0 spiro atoms. The average Bonchev–Trinajstić information content (AvgIpc) is 2.37. The van der Waals surface area contributed by atoms with E-state index >= 15 is 0 Å². The molecule has 0 bridgehead atoms. The third kappa shape index (κ3) is 3.96. The molecule has 3 unspecified atom stereocenters. The van der Waals surface area contributed by atoms with Gasteiger partial charge in [0.05, 0.1) is 0 Å². The molecule has 0 aromatic rings. The van der Waals surface area contributed by atoms with Crippen LogP contribution in [0.15, 0.2) is 0 Å². The maximum atomic E-state index is 3.61. The van der Waals surface area contributed by atoms with Crippen LogP contribution in [0, 0.1) is 17.8 Å². The largest absolute Gasteiger partial charge is 0.315 e. The van der Waals surface area contributed by atoms with Crippen LogP contribution in [0.5, 0.6) is 0 Å². The molecule has 1 heterocycles. The Bertz CT molecular complexity index is 239. The molecule has 1 aliphatic carbocycles. The van der Waals surface area contributed by atoms with Gasteiger partial charge in [0.2, 0.25) is 0 Å². The zero-order valence-electron chi connectivity index (χ0n) is 12.6. The van der Waals surface area contributed by atoms with Crippen molar-refractivity contribution in [2.24, 2.45) is 17.8 Å². The van der Waals surface area contributed by atoms with Crippen molar-refractivity contribution in [3.05, 3.63) is 0 Å². The van der Waals surface area contributed by atoms with E-state index in [1.165, 1.54) is 45.2 Å². The molecule has 1 aliphatic heterocycles. The number of nitrogens with zero attached hydrogens (tertiary/aromatic N) is 1. The Morgan fingerprint density at radius 1 is 1.00 bits per heavy atom. The van der Waals surface area contributed by atoms with Gasteiger partial charge in [0.1, 0.15) is 0 Å². The summed E-state index contributed by atoms with van der Waals surface area (Å²) in [6.07, 6.45) is 7.44. The molecular formula is C16H32N2. The number of fused-ring (bicyclic) bond motifs is 1. The number of nitrogens with one attached hydrogen (secondary N) is 1. The number of hydrogen-bond donors (Lipinski definition) is 1. The van der Waals surface area contributed by atoms with E-state index in [1.54, 1.807) is 0 Å². The Labute approximate surface area is 114 Å². The van der Waals surface area contributed by atoms with Crippen LogP contribution >= 0.6 is 0 Å². The lowest BCUT2D eigenvalue weighted by Gasteiger charge is -2.43. The highest BCUT2D eigenvalue weighted by atomic mass is 15.2. The molecule has 0 aromatic carbocycles. The van der Waals surface area contributed by atoms with Gasteiger partial charge < -0.3 is 5.32 Å². The maximum Gasteiger partial charge on any atom is 0.0192 e. The van der Waals surface area contributed by atoms with E-state index in [2.05, 4.69) is 31.0 Å². The fourth-order valence-corrected chi connectivity index (χ4v) is 3.74. The minimum atomic E-state index is 0.714. The monoisotopic (exact) mass is 252 g/mol. The quantitative estimate of drug-likeness (QED) is 0.809. The predicted molar refractivity (Wildman–Crippen MR) is 78.8 cm³/mol. The molecule has 0 radical (unpaired) electrons. The number of rotatable bonds is 5. The fourth-order valence-electron chi connectivity index (χ4n) is 3.74. The predicted octanol–water partition coefficient (Wildman–Crippen LogP) is 3.13. The van der Waals surface area contributed by atoms with Crippen LogP contribution in [-0.4, -0.2) is 37.1 Å². The topological polar surface area (TPSA) is 15.3 Å². The summed E-state index contributed by atoms with van der Waals surface area (Å²) >= 11 is 0. The maximum absolute atomic E-state index is 3.61. The summed E-state index contributed by atoms with van der Waals surface area (Å²) in [6, 6.07) is 0.714. The van der Waals surface area contributed by atoms with Gasteiger partial charge in [0.15, 0.2) is 0 Å². The zero-order chi connectivity index (χ0) is 13.0. The van der Waals surface area contributed by atoms with E-state index < -0.39 is 0 Å². The van der Waals surface area contributed by atoms with Gasteiger partial charge in [-0.05, 0) is 50.6 Å². The summed E-state index contributed by atoms with van der Waals surface area (Å²) in [7, 11) is 0. The number of hydrogen-bond acceptors (Lipinski definition) is 2. The van der Waals surface area contributed by atoms with Crippen molar-refractivity contribution >= 4 is 0 Å². The molecular weight excluding hydrogens is 220 g/mol. The van der Waals surface area contributed by atoms with Crippen LogP contribution in [0.25, 0.3) is 0 Å². The molecule has 1 saturated heterocycles. The molecule has 2 rings (SSSR count). The lowest BCUT2D eigenvalue weighted by molar-refractivity contribution is 0.0616. The van der Waals surface area contributed by atoms with E-state index in [1.807, 2.05) is 0 Å². The third-order valence-electron chi connectivity index (χ3n) is 4.94. The Hall–Kier alpha value is -0.0800. The second-order valence-electron chi connectivity index (χ2n) is 6.99. The lowest BCUT2D eigenvalue weighted by atomic mass is 9.75.